The van der Waals surface area contributed by atoms with Crippen LogP contribution in [0.25, 0.3) is 0 Å². The van der Waals surface area contributed by atoms with Gasteiger partial charge in [-0.05, 0) is 41.8 Å². The molecule has 0 spiro atoms. The van der Waals surface area contributed by atoms with E-state index in [0.29, 0.717) is 17.3 Å². The Morgan fingerprint density at radius 3 is 2.28 bits per heavy atom. The van der Waals surface area contributed by atoms with Crippen molar-refractivity contribution in [1.82, 2.24) is 14.8 Å². The molecule has 0 saturated heterocycles. The zero-order valence-corrected chi connectivity index (χ0v) is 17.6. The Bertz CT molecular complexity index is 1210. The number of carbonyl (C=O) groups is 1. The Hall–Kier alpha value is -4.13. The fraction of sp³-hybridized carbons (Fsp3) is 0.160. The summed E-state index contributed by atoms with van der Waals surface area (Å²) in [5.41, 5.74) is 2.84. The van der Waals surface area contributed by atoms with Crippen molar-refractivity contribution in [2.45, 2.75) is 18.5 Å². The van der Waals surface area contributed by atoms with Gasteiger partial charge >= 0.3 is 0 Å². The maximum atomic E-state index is 12.7. The smallest absolute Gasteiger partial charge is 0.258 e. The Balaban J connectivity index is 1.45. The first-order chi connectivity index (χ1) is 15.7. The van der Waals surface area contributed by atoms with Crippen molar-refractivity contribution in [2.75, 3.05) is 17.7 Å². The van der Waals surface area contributed by atoms with E-state index in [4.69, 9.17) is 4.74 Å². The minimum absolute atomic E-state index is 0.00297. The molecule has 1 amide bonds. The van der Waals surface area contributed by atoms with Crippen molar-refractivity contribution in [1.29, 1.82) is 0 Å². The third-order valence-corrected chi connectivity index (χ3v) is 5.65. The predicted octanol–water partition coefficient (Wildman–Crippen LogP) is 4.69. The highest BCUT2D eigenvalue weighted by Gasteiger charge is 2.31. The number of hydrogen-bond donors (Lipinski definition) is 2. The number of hydrogen-bond acceptors (Lipinski definition) is 5. The van der Waals surface area contributed by atoms with E-state index in [1.165, 1.54) is 5.56 Å². The van der Waals surface area contributed by atoms with E-state index >= 15 is 0 Å². The van der Waals surface area contributed by atoms with E-state index < -0.39 is 0 Å². The van der Waals surface area contributed by atoms with E-state index in [1.54, 1.807) is 31.4 Å². The highest BCUT2D eigenvalue weighted by atomic mass is 16.5. The van der Waals surface area contributed by atoms with Crippen LogP contribution in [0.2, 0.25) is 0 Å². The van der Waals surface area contributed by atoms with Gasteiger partial charge in [0.15, 0.2) is 0 Å². The monoisotopic (exact) mass is 425 g/mol. The van der Waals surface area contributed by atoms with Gasteiger partial charge < -0.3 is 10.1 Å². The molecule has 0 radical (unpaired) electrons. The number of aromatic nitrogens is 3. The summed E-state index contributed by atoms with van der Waals surface area (Å²) in [7, 11) is 1.59. The Morgan fingerprint density at radius 1 is 0.969 bits per heavy atom. The minimum atomic E-state index is -0.272. The second-order valence-corrected chi connectivity index (χ2v) is 7.66. The molecule has 1 aromatic heterocycles. The quantitative estimate of drug-likeness (QED) is 0.485. The largest absolute Gasteiger partial charge is 0.497 e. The maximum absolute atomic E-state index is 12.7. The molecule has 7 heteroatoms. The molecule has 2 N–H and O–H groups in total. The van der Waals surface area contributed by atoms with Crippen molar-refractivity contribution in [3.63, 3.8) is 0 Å². The van der Waals surface area contributed by atoms with Crippen LogP contribution in [0.1, 0.15) is 40.0 Å². The first-order valence-corrected chi connectivity index (χ1v) is 10.5. The SMILES string of the molecule is COc1ccc(C(=O)Nc2nc3n(n2)C(c2ccccc2)CC(c2ccccc2)N3)cc1. The van der Waals surface area contributed by atoms with Crippen LogP contribution in [0.5, 0.6) is 5.75 Å². The summed E-state index contributed by atoms with van der Waals surface area (Å²) in [6.07, 6.45) is 0.816. The van der Waals surface area contributed by atoms with Gasteiger partial charge in [0.05, 0.1) is 19.2 Å². The first kappa shape index (κ1) is 19.8. The van der Waals surface area contributed by atoms with Gasteiger partial charge in [0.2, 0.25) is 5.95 Å². The number of rotatable bonds is 5. The zero-order valence-electron chi connectivity index (χ0n) is 17.6. The van der Waals surface area contributed by atoms with Gasteiger partial charge in [-0.15, -0.1) is 5.10 Å². The number of nitrogens with one attached hydrogen (secondary N) is 2. The molecule has 0 saturated carbocycles. The molecule has 7 nitrogen and oxygen atoms in total. The molecule has 3 aromatic carbocycles. The van der Waals surface area contributed by atoms with Crippen LogP contribution in [-0.2, 0) is 0 Å². The number of fused-ring (bicyclic) bond motifs is 1. The molecule has 1 aliphatic rings. The van der Waals surface area contributed by atoms with Crippen LogP contribution in [0.3, 0.4) is 0 Å². The van der Waals surface area contributed by atoms with Crippen LogP contribution in [0, 0.1) is 0 Å². The minimum Gasteiger partial charge on any atom is -0.497 e. The molecule has 0 fully saturated rings. The topological polar surface area (TPSA) is 81.1 Å². The van der Waals surface area contributed by atoms with Crippen LogP contribution in [-0.4, -0.2) is 27.8 Å². The number of amides is 1. The average Bonchev–Trinajstić information content (AvgIpc) is 3.26. The molecule has 4 aromatic rings. The average molecular weight is 425 g/mol. The van der Waals surface area contributed by atoms with Gasteiger partial charge in [-0.1, -0.05) is 60.7 Å². The van der Waals surface area contributed by atoms with E-state index in [-0.39, 0.29) is 23.9 Å². The Labute approximate surface area is 186 Å². The third kappa shape index (κ3) is 3.92. The molecule has 160 valence electrons. The van der Waals surface area contributed by atoms with Crippen molar-refractivity contribution < 1.29 is 9.53 Å². The number of nitrogens with zero attached hydrogens (tertiary/aromatic N) is 3. The number of methoxy groups -OCH3 is 1. The first-order valence-electron chi connectivity index (χ1n) is 10.5. The molecule has 2 atom stereocenters. The van der Waals surface area contributed by atoms with Gasteiger partial charge in [0.1, 0.15) is 5.75 Å². The second kappa shape index (κ2) is 8.55. The molecule has 32 heavy (non-hydrogen) atoms. The summed E-state index contributed by atoms with van der Waals surface area (Å²) in [6, 6.07) is 27.5. The molecule has 0 aliphatic carbocycles. The molecule has 5 rings (SSSR count). The summed E-state index contributed by atoms with van der Waals surface area (Å²) in [4.78, 5) is 17.3. The Kier molecular flexibility index (Phi) is 5.29. The van der Waals surface area contributed by atoms with E-state index in [9.17, 15) is 4.79 Å². The lowest BCUT2D eigenvalue weighted by Crippen LogP contribution is -2.28. The Morgan fingerprint density at radius 2 is 1.62 bits per heavy atom. The summed E-state index contributed by atoms with van der Waals surface area (Å²) < 4.78 is 7.01. The van der Waals surface area contributed by atoms with Gasteiger partial charge in [-0.2, -0.15) is 4.98 Å². The van der Waals surface area contributed by atoms with Crippen LogP contribution in [0.15, 0.2) is 84.9 Å². The molecular weight excluding hydrogens is 402 g/mol. The van der Waals surface area contributed by atoms with E-state index in [0.717, 1.165) is 12.0 Å². The highest BCUT2D eigenvalue weighted by molar-refractivity contribution is 6.03. The van der Waals surface area contributed by atoms with E-state index in [1.807, 2.05) is 41.1 Å². The molecule has 2 unspecified atom stereocenters. The third-order valence-electron chi connectivity index (χ3n) is 5.65. The van der Waals surface area contributed by atoms with Crippen LogP contribution < -0.4 is 15.4 Å². The molecule has 2 heterocycles. The van der Waals surface area contributed by atoms with Crippen molar-refractivity contribution >= 4 is 17.8 Å². The summed E-state index contributed by atoms with van der Waals surface area (Å²) in [5, 5.41) is 10.9. The van der Waals surface area contributed by atoms with Crippen molar-refractivity contribution in [3.8, 4) is 5.75 Å². The highest BCUT2D eigenvalue weighted by Crippen LogP contribution is 2.38. The number of benzene rings is 3. The molecule has 1 aliphatic heterocycles. The van der Waals surface area contributed by atoms with Crippen molar-refractivity contribution in [3.05, 3.63) is 102 Å². The summed E-state index contributed by atoms with van der Waals surface area (Å²) in [6.45, 7) is 0. The van der Waals surface area contributed by atoms with Gasteiger partial charge in [-0.3, -0.25) is 10.1 Å². The summed E-state index contributed by atoms with van der Waals surface area (Å²) >= 11 is 0. The lowest BCUT2D eigenvalue weighted by molar-refractivity contribution is 0.102. The van der Waals surface area contributed by atoms with E-state index in [2.05, 4.69) is 45.0 Å². The maximum Gasteiger partial charge on any atom is 0.258 e. The summed E-state index contributed by atoms with van der Waals surface area (Å²) in [5.74, 6) is 1.32. The normalized spacial score (nSPS) is 17.2. The van der Waals surface area contributed by atoms with Gasteiger partial charge in [-0.25, -0.2) is 4.68 Å². The predicted molar refractivity (Wildman–Crippen MR) is 123 cm³/mol. The lowest BCUT2D eigenvalue weighted by atomic mass is 9.93. The molecular formula is C25H23N5O2. The van der Waals surface area contributed by atoms with Crippen molar-refractivity contribution in [2.24, 2.45) is 0 Å². The standard InChI is InChI=1S/C25H23N5O2/c1-32-20-14-12-19(13-15-20)23(31)27-24-28-25-26-21(17-8-4-2-5-9-17)16-22(30(25)29-24)18-10-6-3-7-11-18/h2-15,21-22H,16H2,1H3,(H2,26,27,28,29,31). The number of anilines is 2. The zero-order chi connectivity index (χ0) is 21.9. The fourth-order valence-corrected chi connectivity index (χ4v) is 4.00. The van der Waals surface area contributed by atoms with Crippen LogP contribution in [0.4, 0.5) is 11.9 Å². The second-order valence-electron chi connectivity index (χ2n) is 7.66. The fourth-order valence-electron chi connectivity index (χ4n) is 4.00. The van der Waals surface area contributed by atoms with Gasteiger partial charge in [0, 0.05) is 5.56 Å². The van der Waals surface area contributed by atoms with Crippen LogP contribution >= 0.6 is 0 Å². The molecule has 0 bridgehead atoms. The number of ether oxygens (including phenoxy) is 1. The number of carbonyl (C=O) groups excluding carboxylic acids is 1. The van der Waals surface area contributed by atoms with Gasteiger partial charge in [0.25, 0.3) is 11.9 Å². The lowest BCUT2D eigenvalue weighted by Gasteiger charge is -2.31.